The average Bonchev–Trinajstić information content (AvgIpc) is 3.38. The van der Waals surface area contributed by atoms with Crippen LogP contribution < -0.4 is 0 Å². The molecule has 424 valence electrons. The van der Waals surface area contributed by atoms with Gasteiger partial charge in [0, 0.05) is 19.3 Å². The molecule has 72 heavy (non-hydrogen) atoms. The summed E-state index contributed by atoms with van der Waals surface area (Å²) in [5, 5.41) is 0. The van der Waals surface area contributed by atoms with Crippen molar-refractivity contribution in [2.24, 2.45) is 0 Å². The van der Waals surface area contributed by atoms with Crippen molar-refractivity contribution in [2.75, 3.05) is 13.2 Å². The van der Waals surface area contributed by atoms with E-state index in [0.717, 1.165) is 77.0 Å². The molecule has 0 aromatic heterocycles. The van der Waals surface area contributed by atoms with Crippen molar-refractivity contribution in [1.29, 1.82) is 0 Å². The Bertz CT molecular complexity index is 1160. The van der Waals surface area contributed by atoms with Gasteiger partial charge in [0.05, 0.1) is 0 Å². The van der Waals surface area contributed by atoms with Crippen LogP contribution in [0.5, 0.6) is 0 Å². The second-order valence-corrected chi connectivity index (χ2v) is 22.0. The fourth-order valence-corrected chi connectivity index (χ4v) is 9.83. The topological polar surface area (TPSA) is 78.9 Å². The quantitative estimate of drug-likeness (QED) is 0.0261. The molecule has 0 aliphatic carbocycles. The summed E-state index contributed by atoms with van der Waals surface area (Å²) >= 11 is 0. The highest BCUT2D eigenvalue weighted by molar-refractivity contribution is 5.71. The average molecular weight is 1010 g/mol. The molecular formula is C66H124O6. The van der Waals surface area contributed by atoms with Crippen LogP contribution in [0.3, 0.4) is 0 Å². The van der Waals surface area contributed by atoms with E-state index in [1.807, 2.05) is 0 Å². The molecule has 0 rings (SSSR count). The van der Waals surface area contributed by atoms with Gasteiger partial charge < -0.3 is 14.2 Å². The van der Waals surface area contributed by atoms with Gasteiger partial charge in [0.25, 0.3) is 0 Å². The minimum atomic E-state index is -0.769. The van der Waals surface area contributed by atoms with E-state index < -0.39 is 6.10 Å². The summed E-state index contributed by atoms with van der Waals surface area (Å²) in [6.07, 6.45) is 74.0. The van der Waals surface area contributed by atoms with Gasteiger partial charge in [-0.2, -0.15) is 0 Å². The molecule has 0 aliphatic heterocycles. The largest absolute Gasteiger partial charge is 0.462 e. The molecule has 0 aromatic carbocycles. The number of carbonyl (C=O) groups excluding carboxylic acids is 3. The zero-order chi connectivity index (χ0) is 52.2. The number of esters is 3. The monoisotopic (exact) mass is 1010 g/mol. The highest BCUT2D eigenvalue weighted by Crippen LogP contribution is 2.18. The van der Waals surface area contributed by atoms with Crippen LogP contribution in [0.15, 0.2) is 24.3 Å². The number of hydrogen-bond acceptors (Lipinski definition) is 6. The fourth-order valence-electron chi connectivity index (χ4n) is 9.83. The molecule has 0 spiro atoms. The van der Waals surface area contributed by atoms with Crippen LogP contribution in [0.25, 0.3) is 0 Å². The molecule has 1 atom stereocenters. The predicted octanol–water partition coefficient (Wildman–Crippen LogP) is 21.8. The second kappa shape index (κ2) is 61.4. The Hall–Kier alpha value is -2.11. The van der Waals surface area contributed by atoms with Crippen molar-refractivity contribution < 1.29 is 28.6 Å². The van der Waals surface area contributed by atoms with Gasteiger partial charge in [0.2, 0.25) is 0 Å². The molecule has 0 aromatic rings. The molecule has 0 aliphatic rings. The normalized spacial score (nSPS) is 12.1. The van der Waals surface area contributed by atoms with Gasteiger partial charge in [0.15, 0.2) is 6.10 Å². The van der Waals surface area contributed by atoms with E-state index in [1.165, 1.54) is 244 Å². The van der Waals surface area contributed by atoms with Crippen LogP contribution in [0.2, 0.25) is 0 Å². The summed E-state index contributed by atoms with van der Waals surface area (Å²) in [5.41, 5.74) is 0. The third kappa shape index (κ3) is 58.8. The van der Waals surface area contributed by atoms with E-state index in [0.29, 0.717) is 19.3 Å². The van der Waals surface area contributed by atoms with Crippen molar-refractivity contribution in [3.8, 4) is 0 Å². The van der Waals surface area contributed by atoms with Gasteiger partial charge in [-0.3, -0.25) is 14.4 Å². The lowest BCUT2D eigenvalue weighted by atomic mass is 10.0. The maximum absolute atomic E-state index is 12.8. The first-order chi connectivity index (χ1) is 35.5. The molecule has 0 saturated carbocycles. The first-order valence-corrected chi connectivity index (χ1v) is 32.3. The van der Waals surface area contributed by atoms with Gasteiger partial charge >= 0.3 is 17.9 Å². The predicted molar refractivity (Wildman–Crippen MR) is 312 cm³/mol. The van der Waals surface area contributed by atoms with Gasteiger partial charge in [-0.15, -0.1) is 0 Å². The molecule has 0 fully saturated rings. The van der Waals surface area contributed by atoms with Crippen LogP contribution in [0.4, 0.5) is 0 Å². The first-order valence-electron chi connectivity index (χ1n) is 32.3. The fraction of sp³-hybridized carbons (Fsp3) is 0.894. The minimum absolute atomic E-state index is 0.0705. The zero-order valence-corrected chi connectivity index (χ0v) is 48.7. The SMILES string of the molecule is CCCCC/C=C\C/C=C\CCCCCCCCCC(=O)OC(COC(=O)CCCCCCC)COC(=O)CCCCCCCCCCCCCCCCCCCCCCCCCCCCCCCCCC. The van der Waals surface area contributed by atoms with Gasteiger partial charge in [0.1, 0.15) is 13.2 Å². The molecule has 0 radical (unpaired) electrons. The lowest BCUT2D eigenvalue weighted by Crippen LogP contribution is -2.30. The Kier molecular flexibility index (Phi) is 59.6. The molecule has 0 bridgehead atoms. The summed E-state index contributed by atoms with van der Waals surface area (Å²) < 4.78 is 16.8. The molecular weight excluding hydrogens is 889 g/mol. The molecule has 0 saturated heterocycles. The van der Waals surface area contributed by atoms with Crippen LogP contribution in [-0.2, 0) is 28.6 Å². The third-order valence-electron chi connectivity index (χ3n) is 14.7. The number of unbranched alkanes of at least 4 members (excludes halogenated alkanes) is 45. The molecule has 0 N–H and O–H groups in total. The van der Waals surface area contributed by atoms with Crippen LogP contribution in [-0.4, -0.2) is 37.2 Å². The molecule has 0 heterocycles. The molecule has 1 unspecified atom stereocenters. The van der Waals surface area contributed by atoms with Crippen molar-refractivity contribution in [1.82, 2.24) is 0 Å². The number of hydrogen-bond donors (Lipinski definition) is 0. The zero-order valence-electron chi connectivity index (χ0n) is 48.7. The van der Waals surface area contributed by atoms with Crippen LogP contribution in [0, 0.1) is 0 Å². The summed E-state index contributed by atoms with van der Waals surface area (Å²) in [6.45, 7) is 6.58. The Morgan fingerprint density at radius 1 is 0.278 bits per heavy atom. The van der Waals surface area contributed by atoms with Crippen molar-refractivity contribution in [2.45, 2.75) is 367 Å². The summed E-state index contributed by atoms with van der Waals surface area (Å²) in [5.74, 6) is -0.873. The van der Waals surface area contributed by atoms with Crippen molar-refractivity contribution in [3.63, 3.8) is 0 Å². The third-order valence-corrected chi connectivity index (χ3v) is 14.7. The molecule has 0 amide bonds. The van der Waals surface area contributed by atoms with E-state index in [4.69, 9.17) is 14.2 Å². The van der Waals surface area contributed by atoms with Crippen LogP contribution >= 0.6 is 0 Å². The van der Waals surface area contributed by atoms with E-state index in [2.05, 4.69) is 45.1 Å². The lowest BCUT2D eigenvalue weighted by molar-refractivity contribution is -0.167. The second-order valence-electron chi connectivity index (χ2n) is 22.0. The minimum Gasteiger partial charge on any atom is -0.462 e. The van der Waals surface area contributed by atoms with E-state index in [1.54, 1.807) is 0 Å². The van der Waals surface area contributed by atoms with E-state index in [9.17, 15) is 14.4 Å². The van der Waals surface area contributed by atoms with Crippen molar-refractivity contribution >= 4 is 17.9 Å². The molecule has 6 heteroatoms. The van der Waals surface area contributed by atoms with E-state index >= 15 is 0 Å². The summed E-state index contributed by atoms with van der Waals surface area (Å²) in [7, 11) is 0. The summed E-state index contributed by atoms with van der Waals surface area (Å²) in [4.78, 5) is 37.8. The summed E-state index contributed by atoms with van der Waals surface area (Å²) in [6, 6.07) is 0. The van der Waals surface area contributed by atoms with Gasteiger partial charge in [-0.1, -0.05) is 315 Å². The Labute approximate surface area is 449 Å². The lowest BCUT2D eigenvalue weighted by Gasteiger charge is -2.18. The van der Waals surface area contributed by atoms with Gasteiger partial charge in [-0.25, -0.2) is 0 Å². The standard InChI is InChI=1S/C66H124O6/c1-4-7-10-13-15-17-19-21-23-25-26-27-28-29-30-31-32-33-34-35-36-37-38-39-41-42-44-46-48-50-53-56-59-65(68)71-62-63(61-70-64(67)58-55-52-12-9-6-3)72-66(69)60-57-54-51-49-47-45-43-40-24-22-20-18-16-14-11-8-5-2/h16,18,22,24,63H,4-15,17,19-21,23,25-62H2,1-3H3/b18-16-,24-22-. The van der Waals surface area contributed by atoms with Crippen LogP contribution in [0.1, 0.15) is 361 Å². The highest BCUT2D eigenvalue weighted by Gasteiger charge is 2.19. The Balaban J connectivity index is 3.89. The number of allylic oxidation sites excluding steroid dienone is 4. The van der Waals surface area contributed by atoms with Crippen molar-refractivity contribution in [3.05, 3.63) is 24.3 Å². The maximum Gasteiger partial charge on any atom is 0.306 e. The smallest absolute Gasteiger partial charge is 0.306 e. The Morgan fingerprint density at radius 3 is 0.792 bits per heavy atom. The number of carbonyl (C=O) groups is 3. The molecule has 6 nitrogen and oxygen atoms in total. The van der Waals surface area contributed by atoms with E-state index in [-0.39, 0.29) is 31.1 Å². The number of ether oxygens (including phenoxy) is 3. The first kappa shape index (κ1) is 69.9. The maximum atomic E-state index is 12.8. The Morgan fingerprint density at radius 2 is 0.500 bits per heavy atom. The number of rotatable bonds is 60. The van der Waals surface area contributed by atoms with Gasteiger partial charge in [-0.05, 0) is 51.4 Å². The highest BCUT2D eigenvalue weighted by atomic mass is 16.6.